The van der Waals surface area contributed by atoms with Crippen LogP contribution in [0.1, 0.15) is 24.8 Å². The van der Waals surface area contributed by atoms with Gasteiger partial charge in [0.25, 0.3) is 0 Å². The van der Waals surface area contributed by atoms with Gasteiger partial charge in [0.15, 0.2) is 11.5 Å². The van der Waals surface area contributed by atoms with Gasteiger partial charge >= 0.3 is 0 Å². The minimum absolute atomic E-state index is 0.123. The van der Waals surface area contributed by atoms with Crippen molar-refractivity contribution in [3.8, 4) is 11.5 Å². The average Bonchev–Trinajstić information content (AvgIpc) is 3.20. The summed E-state index contributed by atoms with van der Waals surface area (Å²) in [7, 11) is 0. The van der Waals surface area contributed by atoms with Gasteiger partial charge in [-0.1, -0.05) is 24.3 Å². The van der Waals surface area contributed by atoms with Crippen LogP contribution in [-0.4, -0.2) is 30.7 Å². The molecule has 0 bridgehead atoms. The number of benzene rings is 1. The Kier molecular flexibility index (Phi) is 4.78. The molecular formula is C18H21NO3. The van der Waals surface area contributed by atoms with E-state index < -0.39 is 0 Å². The van der Waals surface area contributed by atoms with E-state index in [0.717, 1.165) is 50.3 Å². The van der Waals surface area contributed by atoms with Gasteiger partial charge in [-0.05, 0) is 43.4 Å². The number of allylic oxidation sites excluding steroid dienone is 3. The Labute approximate surface area is 131 Å². The van der Waals surface area contributed by atoms with Crippen LogP contribution in [0.5, 0.6) is 11.5 Å². The molecule has 2 heterocycles. The molecule has 1 saturated heterocycles. The minimum atomic E-state index is 0.123. The third-order valence-corrected chi connectivity index (χ3v) is 3.94. The summed E-state index contributed by atoms with van der Waals surface area (Å²) in [5.41, 5.74) is 1.23. The first-order chi connectivity index (χ1) is 10.8. The monoisotopic (exact) mass is 299 g/mol. The number of fused-ring (bicyclic) bond motifs is 1. The molecule has 0 aliphatic carbocycles. The number of carbonyl (C=O) groups excluding carboxylic acids is 1. The van der Waals surface area contributed by atoms with Crippen molar-refractivity contribution < 1.29 is 14.3 Å². The topological polar surface area (TPSA) is 38.8 Å². The van der Waals surface area contributed by atoms with E-state index in [9.17, 15) is 4.79 Å². The van der Waals surface area contributed by atoms with Gasteiger partial charge in [0.1, 0.15) is 0 Å². The third kappa shape index (κ3) is 3.70. The van der Waals surface area contributed by atoms with Gasteiger partial charge in [-0.2, -0.15) is 0 Å². The molecule has 0 spiro atoms. The van der Waals surface area contributed by atoms with Gasteiger partial charge in [0.05, 0.1) is 0 Å². The molecule has 2 aliphatic rings. The van der Waals surface area contributed by atoms with Gasteiger partial charge < -0.3 is 14.4 Å². The molecule has 22 heavy (non-hydrogen) atoms. The van der Waals surface area contributed by atoms with Crippen molar-refractivity contribution in [3.05, 3.63) is 48.1 Å². The smallest absolute Gasteiger partial charge is 0.246 e. The molecule has 0 atom stereocenters. The summed E-state index contributed by atoms with van der Waals surface area (Å²) in [5.74, 6) is 1.78. The molecule has 0 saturated carbocycles. The fourth-order valence-electron chi connectivity index (χ4n) is 2.70. The average molecular weight is 299 g/mol. The van der Waals surface area contributed by atoms with Crippen LogP contribution in [0, 0.1) is 0 Å². The number of amides is 1. The summed E-state index contributed by atoms with van der Waals surface area (Å²) in [6.45, 7) is 2.11. The van der Waals surface area contributed by atoms with Crippen molar-refractivity contribution >= 4 is 5.91 Å². The summed E-state index contributed by atoms with van der Waals surface area (Å²) >= 11 is 0. The van der Waals surface area contributed by atoms with E-state index in [1.165, 1.54) is 5.56 Å². The predicted octanol–water partition coefficient (Wildman–Crippen LogP) is 3.08. The van der Waals surface area contributed by atoms with Crippen LogP contribution in [-0.2, 0) is 11.2 Å². The molecule has 4 heteroatoms. The molecular weight excluding hydrogens is 278 g/mol. The molecule has 2 aliphatic heterocycles. The van der Waals surface area contributed by atoms with Gasteiger partial charge in [-0.25, -0.2) is 0 Å². The number of rotatable bonds is 5. The van der Waals surface area contributed by atoms with Crippen LogP contribution in [0.25, 0.3) is 0 Å². The molecule has 3 rings (SSSR count). The van der Waals surface area contributed by atoms with Gasteiger partial charge in [0.2, 0.25) is 12.7 Å². The summed E-state index contributed by atoms with van der Waals surface area (Å²) < 4.78 is 10.7. The quantitative estimate of drug-likeness (QED) is 0.619. The zero-order valence-corrected chi connectivity index (χ0v) is 12.7. The lowest BCUT2D eigenvalue weighted by Gasteiger charge is -2.11. The largest absolute Gasteiger partial charge is 0.454 e. The highest BCUT2D eigenvalue weighted by Gasteiger charge is 2.14. The number of nitrogens with zero attached hydrogens (tertiary/aromatic N) is 1. The van der Waals surface area contributed by atoms with Crippen molar-refractivity contribution in [1.29, 1.82) is 0 Å². The Morgan fingerprint density at radius 1 is 1.14 bits per heavy atom. The molecule has 4 nitrogen and oxygen atoms in total. The van der Waals surface area contributed by atoms with E-state index in [1.54, 1.807) is 6.08 Å². The van der Waals surface area contributed by atoms with Gasteiger partial charge in [-0.15, -0.1) is 0 Å². The number of hydrogen-bond acceptors (Lipinski definition) is 3. The second kappa shape index (κ2) is 7.16. The molecule has 1 amide bonds. The minimum Gasteiger partial charge on any atom is -0.454 e. The van der Waals surface area contributed by atoms with Gasteiger partial charge in [0, 0.05) is 19.2 Å². The van der Waals surface area contributed by atoms with Crippen molar-refractivity contribution in [2.75, 3.05) is 19.9 Å². The van der Waals surface area contributed by atoms with Crippen molar-refractivity contribution in [2.45, 2.75) is 25.7 Å². The number of carbonyl (C=O) groups is 1. The Bertz CT molecular complexity index is 586. The van der Waals surface area contributed by atoms with Crippen LogP contribution < -0.4 is 9.47 Å². The first-order valence-corrected chi connectivity index (χ1v) is 7.83. The highest BCUT2D eigenvalue weighted by atomic mass is 16.7. The summed E-state index contributed by atoms with van der Waals surface area (Å²) in [5, 5.41) is 0. The zero-order valence-electron chi connectivity index (χ0n) is 12.7. The van der Waals surface area contributed by atoms with Gasteiger partial charge in [-0.3, -0.25) is 4.79 Å². The lowest BCUT2D eigenvalue weighted by molar-refractivity contribution is -0.124. The summed E-state index contributed by atoms with van der Waals surface area (Å²) in [4.78, 5) is 13.7. The van der Waals surface area contributed by atoms with E-state index >= 15 is 0 Å². The molecule has 1 aromatic rings. The molecule has 0 aromatic heterocycles. The van der Waals surface area contributed by atoms with Crippen LogP contribution >= 0.6 is 0 Å². The maximum absolute atomic E-state index is 11.8. The first kappa shape index (κ1) is 14.7. The Balaban J connectivity index is 1.41. The normalized spacial score (nSPS) is 17.0. The lowest BCUT2D eigenvalue weighted by atomic mass is 10.1. The fourth-order valence-corrected chi connectivity index (χ4v) is 2.70. The Morgan fingerprint density at radius 2 is 1.95 bits per heavy atom. The Hall–Kier alpha value is -2.23. The molecule has 1 aromatic carbocycles. The van der Waals surface area contributed by atoms with Crippen molar-refractivity contribution in [2.24, 2.45) is 0 Å². The maximum atomic E-state index is 11.8. The predicted molar refractivity (Wildman–Crippen MR) is 85.0 cm³/mol. The summed E-state index contributed by atoms with van der Waals surface area (Å²) in [6.07, 6.45) is 11.7. The Morgan fingerprint density at radius 3 is 2.82 bits per heavy atom. The highest BCUT2D eigenvalue weighted by Crippen LogP contribution is 2.32. The van der Waals surface area contributed by atoms with Crippen molar-refractivity contribution in [3.63, 3.8) is 0 Å². The van der Waals surface area contributed by atoms with E-state index in [1.807, 2.05) is 29.2 Å². The zero-order chi connectivity index (χ0) is 15.2. The van der Waals surface area contributed by atoms with Crippen molar-refractivity contribution in [1.82, 2.24) is 4.90 Å². The van der Waals surface area contributed by atoms with Crippen LogP contribution in [0.15, 0.2) is 42.5 Å². The molecule has 0 radical (unpaired) electrons. The van der Waals surface area contributed by atoms with Crippen LogP contribution in [0.4, 0.5) is 0 Å². The molecule has 116 valence electrons. The first-order valence-electron chi connectivity index (χ1n) is 7.83. The van der Waals surface area contributed by atoms with E-state index in [0.29, 0.717) is 6.79 Å². The second-order valence-corrected chi connectivity index (χ2v) is 5.55. The highest BCUT2D eigenvalue weighted by molar-refractivity contribution is 5.88. The summed E-state index contributed by atoms with van der Waals surface area (Å²) in [6, 6.07) is 6.05. The standard InChI is InChI=1S/C18H21NO3/c20-18(19-11-5-6-12-19)8-4-2-1-3-7-15-9-10-16-17(13-15)22-14-21-16/h1-2,4,8-10,13H,3,5-7,11-12,14H2/b2-1+,8-4+. The maximum Gasteiger partial charge on any atom is 0.246 e. The van der Waals surface area contributed by atoms with Crippen LogP contribution in [0.3, 0.4) is 0 Å². The SMILES string of the molecule is O=C(/C=C/C=C/CCc1ccc2c(c1)OCO2)N1CCCC1. The molecule has 0 N–H and O–H groups in total. The third-order valence-electron chi connectivity index (χ3n) is 3.94. The number of likely N-dealkylation sites (tertiary alicyclic amines) is 1. The van der Waals surface area contributed by atoms with E-state index in [-0.39, 0.29) is 5.91 Å². The number of aryl methyl sites for hydroxylation is 1. The number of hydrogen-bond donors (Lipinski definition) is 0. The van der Waals surface area contributed by atoms with E-state index in [2.05, 4.69) is 12.1 Å². The molecule has 0 unspecified atom stereocenters. The van der Waals surface area contributed by atoms with Crippen LogP contribution in [0.2, 0.25) is 0 Å². The van der Waals surface area contributed by atoms with E-state index in [4.69, 9.17) is 9.47 Å². The lowest BCUT2D eigenvalue weighted by Crippen LogP contribution is -2.25. The second-order valence-electron chi connectivity index (χ2n) is 5.55. The molecule has 1 fully saturated rings. The fraction of sp³-hybridized carbons (Fsp3) is 0.389. The number of ether oxygens (including phenoxy) is 2.